The number of ether oxygens (including phenoxy) is 2. The van der Waals surface area contributed by atoms with Crippen molar-refractivity contribution >= 4 is 5.97 Å². The number of hydrogen-bond donors (Lipinski definition) is 0. The average molecular weight is 297 g/mol. The summed E-state index contributed by atoms with van der Waals surface area (Å²) in [5.74, 6) is -0.0524. The number of carbonyl (C=O) groups is 1. The number of likely N-dealkylation sites (tertiary alicyclic amines) is 1. The normalized spacial score (nSPS) is 34.6. The van der Waals surface area contributed by atoms with E-state index in [1.54, 1.807) is 0 Å². The molecule has 2 aliphatic heterocycles. The Morgan fingerprint density at radius 3 is 2.57 bits per heavy atom. The Labute approximate surface area is 129 Å². The van der Waals surface area contributed by atoms with Gasteiger partial charge in [0, 0.05) is 12.1 Å². The van der Waals surface area contributed by atoms with E-state index in [1.807, 2.05) is 6.92 Å². The van der Waals surface area contributed by atoms with E-state index in [9.17, 15) is 4.79 Å². The van der Waals surface area contributed by atoms with Gasteiger partial charge >= 0.3 is 5.97 Å². The second-order valence-corrected chi connectivity index (χ2v) is 6.83. The molecule has 2 atom stereocenters. The maximum atomic E-state index is 12.2. The van der Waals surface area contributed by atoms with E-state index in [0.29, 0.717) is 13.0 Å². The Morgan fingerprint density at radius 1 is 1.24 bits per heavy atom. The standard InChI is InChI=1S/C17H31NO3/c1-4-16(3)14-17(9-12-21-16,13-15(19)20-5-2)18-10-7-6-8-11-18/h4-14H2,1-3H3. The van der Waals surface area contributed by atoms with E-state index in [2.05, 4.69) is 18.7 Å². The fourth-order valence-corrected chi connectivity index (χ4v) is 3.93. The molecule has 21 heavy (non-hydrogen) atoms. The highest BCUT2D eigenvalue weighted by molar-refractivity contribution is 5.71. The summed E-state index contributed by atoms with van der Waals surface area (Å²) in [5.41, 5.74) is -0.169. The predicted molar refractivity (Wildman–Crippen MR) is 83.3 cm³/mol. The predicted octanol–water partition coefficient (Wildman–Crippen LogP) is 3.14. The van der Waals surface area contributed by atoms with Crippen molar-refractivity contribution in [3.8, 4) is 0 Å². The highest BCUT2D eigenvalue weighted by atomic mass is 16.5. The van der Waals surface area contributed by atoms with Gasteiger partial charge in [-0.15, -0.1) is 0 Å². The molecule has 0 aromatic rings. The summed E-state index contributed by atoms with van der Waals surface area (Å²) in [5, 5.41) is 0. The minimum atomic E-state index is -0.109. The first-order chi connectivity index (χ1) is 10.0. The molecule has 0 N–H and O–H groups in total. The lowest BCUT2D eigenvalue weighted by molar-refractivity contribution is -0.160. The largest absolute Gasteiger partial charge is 0.466 e. The van der Waals surface area contributed by atoms with Crippen molar-refractivity contribution in [2.45, 2.75) is 76.9 Å². The van der Waals surface area contributed by atoms with Crippen LogP contribution in [-0.2, 0) is 14.3 Å². The Morgan fingerprint density at radius 2 is 1.95 bits per heavy atom. The van der Waals surface area contributed by atoms with E-state index in [1.165, 1.54) is 19.3 Å². The molecular formula is C17H31NO3. The molecule has 2 heterocycles. The number of esters is 1. The number of piperidine rings is 1. The molecule has 4 heteroatoms. The lowest BCUT2D eigenvalue weighted by atomic mass is 9.75. The van der Waals surface area contributed by atoms with Crippen molar-refractivity contribution in [1.29, 1.82) is 0 Å². The van der Waals surface area contributed by atoms with Gasteiger partial charge in [0.2, 0.25) is 0 Å². The molecule has 2 rings (SSSR count). The average Bonchev–Trinajstić information content (AvgIpc) is 2.48. The van der Waals surface area contributed by atoms with E-state index in [-0.39, 0.29) is 17.1 Å². The van der Waals surface area contributed by atoms with E-state index in [4.69, 9.17) is 9.47 Å². The Bertz CT molecular complexity index is 354. The van der Waals surface area contributed by atoms with Crippen LogP contribution in [0.1, 0.15) is 65.7 Å². The van der Waals surface area contributed by atoms with Gasteiger partial charge in [-0.2, -0.15) is 0 Å². The molecule has 2 aliphatic rings. The topological polar surface area (TPSA) is 38.8 Å². The van der Waals surface area contributed by atoms with Gasteiger partial charge in [-0.05, 0) is 59.0 Å². The molecule has 0 amide bonds. The molecule has 122 valence electrons. The SMILES string of the molecule is CCOC(=O)CC1(N2CCCCC2)CCOC(C)(CC)C1. The summed E-state index contributed by atoms with van der Waals surface area (Å²) in [6.45, 7) is 9.69. The Balaban J connectivity index is 2.18. The van der Waals surface area contributed by atoms with Crippen molar-refractivity contribution in [3.05, 3.63) is 0 Å². The minimum Gasteiger partial charge on any atom is -0.466 e. The summed E-state index contributed by atoms with van der Waals surface area (Å²) in [6.07, 6.45) is 7.19. The summed E-state index contributed by atoms with van der Waals surface area (Å²) in [4.78, 5) is 14.7. The van der Waals surface area contributed by atoms with E-state index >= 15 is 0 Å². The van der Waals surface area contributed by atoms with Crippen LogP contribution in [0.15, 0.2) is 0 Å². The highest BCUT2D eigenvalue weighted by Gasteiger charge is 2.47. The third kappa shape index (κ3) is 3.98. The van der Waals surface area contributed by atoms with Crippen LogP contribution in [0.3, 0.4) is 0 Å². The van der Waals surface area contributed by atoms with Crippen molar-refractivity contribution in [3.63, 3.8) is 0 Å². The summed E-state index contributed by atoms with van der Waals surface area (Å²) in [6, 6.07) is 0. The quantitative estimate of drug-likeness (QED) is 0.731. The van der Waals surface area contributed by atoms with Crippen molar-refractivity contribution in [1.82, 2.24) is 4.90 Å². The smallest absolute Gasteiger partial charge is 0.307 e. The maximum absolute atomic E-state index is 12.2. The molecule has 0 aromatic carbocycles. The van der Waals surface area contributed by atoms with Crippen LogP contribution < -0.4 is 0 Å². The number of carbonyl (C=O) groups excluding carboxylic acids is 1. The van der Waals surface area contributed by atoms with Gasteiger partial charge in [-0.25, -0.2) is 0 Å². The van der Waals surface area contributed by atoms with Crippen molar-refractivity contribution in [2.75, 3.05) is 26.3 Å². The van der Waals surface area contributed by atoms with Gasteiger partial charge in [-0.3, -0.25) is 9.69 Å². The molecule has 0 saturated carbocycles. The van der Waals surface area contributed by atoms with Gasteiger partial charge in [-0.1, -0.05) is 13.3 Å². The third-order valence-corrected chi connectivity index (χ3v) is 5.27. The fraction of sp³-hybridized carbons (Fsp3) is 0.941. The van der Waals surface area contributed by atoms with Gasteiger partial charge in [0.05, 0.1) is 18.6 Å². The highest BCUT2D eigenvalue weighted by Crippen LogP contribution is 2.41. The lowest BCUT2D eigenvalue weighted by Crippen LogP contribution is -2.59. The first-order valence-corrected chi connectivity index (χ1v) is 8.58. The first-order valence-electron chi connectivity index (χ1n) is 8.58. The molecule has 2 saturated heterocycles. The first kappa shape index (κ1) is 16.8. The van der Waals surface area contributed by atoms with E-state index < -0.39 is 0 Å². The monoisotopic (exact) mass is 297 g/mol. The molecule has 0 aliphatic carbocycles. The second-order valence-electron chi connectivity index (χ2n) is 6.83. The summed E-state index contributed by atoms with van der Waals surface area (Å²) >= 11 is 0. The molecule has 0 spiro atoms. The molecule has 0 bridgehead atoms. The van der Waals surface area contributed by atoms with Gasteiger partial charge < -0.3 is 9.47 Å². The molecule has 0 aromatic heterocycles. The van der Waals surface area contributed by atoms with Crippen LogP contribution in [0.25, 0.3) is 0 Å². The Kier molecular flexibility index (Phi) is 5.67. The number of rotatable bonds is 5. The van der Waals surface area contributed by atoms with Crippen LogP contribution >= 0.6 is 0 Å². The van der Waals surface area contributed by atoms with Gasteiger partial charge in [0.15, 0.2) is 0 Å². The van der Waals surface area contributed by atoms with Crippen LogP contribution in [0, 0.1) is 0 Å². The summed E-state index contributed by atoms with van der Waals surface area (Å²) < 4.78 is 11.3. The number of hydrogen-bond acceptors (Lipinski definition) is 4. The van der Waals surface area contributed by atoms with Gasteiger partial charge in [0.25, 0.3) is 0 Å². The van der Waals surface area contributed by atoms with Crippen LogP contribution in [-0.4, -0.2) is 48.3 Å². The molecular weight excluding hydrogens is 266 g/mol. The second kappa shape index (κ2) is 7.10. The van der Waals surface area contributed by atoms with Gasteiger partial charge in [0.1, 0.15) is 0 Å². The van der Waals surface area contributed by atoms with Crippen molar-refractivity contribution in [2.24, 2.45) is 0 Å². The fourth-order valence-electron chi connectivity index (χ4n) is 3.93. The zero-order chi connectivity index (χ0) is 15.3. The number of nitrogens with zero attached hydrogens (tertiary/aromatic N) is 1. The zero-order valence-electron chi connectivity index (χ0n) is 14.0. The van der Waals surface area contributed by atoms with Crippen molar-refractivity contribution < 1.29 is 14.3 Å². The molecule has 2 fully saturated rings. The van der Waals surface area contributed by atoms with Crippen LogP contribution in [0.4, 0.5) is 0 Å². The van der Waals surface area contributed by atoms with Crippen LogP contribution in [0.5, 0.6) is 0 Å². The maximum Gasteiger partial charge on any atom is 0.307 e. The summed E-state index contributed by atoms with van der Waals surface area (Å²) in [7, 11) is 0. The minimum absolute atomic E-state index is 0.0524. The molecule has 4 nitrogen and oxygen atoms in total. The lowest BCUT2D eigenvalue weighted by Gasteiger charge is -2.52. The molecule has 0 radical (unpaired) electrons. The Hall–Kier alpha value is -0.610. The van der Waals surface area contributed by atoms with Crippen LogP contribution in [0.2, 0.25) is 0 Å². The zero-order valence-corrected chi connectivity index (χ0v) is 14.0. The third-order valence-electron chi connectivity index (χ3n) is 5.27. The van der Waals surface area contributed by atoms with E-state index in [0.717, 1.165) is 39.0 Å². The molecule has 2 unspecified atom stereocenters.